The van der Waals surface area contributed by atoms with Crippen molar-refractivity contribution in [2.75, 3.05) is 0 Å². The third-order valence-electron chi connectivity index (χ3n) is 9.01. The summed E-state index contributed by atoms with van der Waals surface area (Å²) in [7, 11) is -2.77. The smallest absolute Gasteiger partial charge is 0.179 e. The molecule has 0 radical (unpaired) electrons. The van der Waals surface area contributed by atoms with Crippen LogP contribution in [0.1, 0.15) is 11.3 Å². The zero-order chi connectivity index (χ0) is 29.3. The van der Waals surface area contributed by atoms with Crippen LogP contribution in [0.2, 0.25) is 0 Å². The van der Waals surface area contributed by atoms with Gasteiger partial charge in [-0.05, 0) is 62.3 Å². The lowest BCUT2D eigenvalue weighted by atomic mass is 10.1. The van der Waals surface area contributed by atoms with Crippen LogP contribution < -0.4 is 26.1 Å². The molecule has 0 bridgehead atoms. The Kier molecular flexibility index (Phi) is 6.58. The zero-order valence-electron chi connectivity index (χ0n) is 24.4. The van der Waals surface area contributed by atoms with Gasteiger partial charge in [0.25, 0.3) is 0 Å². The van der Waals surface area contributed by atoms with Crippen LogP contribution in [0.4, 0.5) is 0 Å². The fourth-order valence-electron chi connectivity index (χ4n) is 7.07. The van der Waals surface area contributed by atoms with Gasteiger partial charge in [0, 0.05) is 16.6 Å². The summed E-state index contributed by atoms with van der Waals surface area (Å²) >= 11 is 0. The summed E-state index contributed by atoms with van der Waals surface area (Å²) in [4.78, 5) is 0. The molecule has 210 valence electrons. The monoisotopic (exact) mass is 580 g/mol. The molecule has 0 aliphatic carbocycles. The van der Waals surface area contributed by atoms with Gasteiger partial charge in [-0.2, -0.15) is 0 Å². The van der Waals surface area contributed by atoms with E-state index in [1.54, 1.807) is 0 Å². The molecule has 0 amide bonds. The Labute approximate surface area is 259 Å². The molecular weight excluding hydrogens is 549 g/mol. The molecule has 2 nitrogen and oxygen atoms in total. The Morgan fingerprint density at radius 3 is 1.75 bits per heavy atom. The lowest BCUT2D eigenvalue weighted by molar-refractivity contribution is 0.803. The molecule has 6 aromatic carbocycles. The molecule has 1 N–H and O–H groups in total. The second-order valence-corrected chi connectivity index (χ2v) is 15.2. The molecule has 1 aliphatic rings. The highest BCUT2D eigenvalue weighted by atomic mass is 28.3. The molecule has 0 unspecified atom stereocenters. The Morgan fingerprint density at radius 2 is 1.07 bits per heavy atom. The van der Waals surface area contributed by atoms with Crippen molar-refractivity contribution in [2.24, 2.45) is 0 Å². The van der Waals surface area contributed by atoms with Gasteiger partial charge in [0.15, 0.2) is 8.07 Å². The highest BCUT2D eigenvalue weighted by Gasteiger charge is 2.42. The van der Waals surface area contributed by atoms with Crippen molar-refractivity contribution >= 4 is 45.8 Å². The van der Waals surface area contributed by atoms with Crippen LogP contribution in [0, 0.1) is 0 Å². The first-order valence-electron chi connectivity index (χ1n) is 15.2. The van der Waals surface area contributed by atoms with E-state index < -0.39 is 8.07 Å². The summed E-state index contributed by atoms with van der Waals surface area (Å²) in [5.74, 6) is 0. The fourth-order valence-corrected chi connectivity index (χ4v) is 11.9. The van der Waals surface area contributed by atoms with E-state index in [4.69, 9.17) is 0 Å². The minimum Gasteiger partial charge on any atom is -0.385 e. The van der Waals surface area contributed by atoms with Crippen molar-refractivity contribution in [1.29, 1.82) is 0 Å². The Balaban J connectivity index is 1.48. The number of benzene rings is 6. The highest BCUT2D eigenvalue weighted by Crippen LogP contribution is 2.32. The van der Waals surface area contributed by atoms with Gasteiger partial charge in [-0.15, -0.1) is 0 Å². The van der Waals surface area contributed by atoms with Crippen LogP contribution in [-0.2, 0) is 6.54 Å². The van der Waals surface area contributed by atoms with Gasteiger partial charge in [0.2, 0.25) is 0 Å². The van der Waals surface area contributed by atoms with E-state index in [1.165, 1.54) is 59.7 Å². The topological polar surface area (TPSA) is 17.0 Å². The van der Waals surface area contributed by atoms with Crippen molar-refractivity contribution in [3.63, 3.8) is 0 Å². The first-order chi connectivity index (χ1) is 21.8. The van der Waals surface area contributed by atoms with Gasteiger partial charge in [0.05, 0.1) is 17.8 Å². The molecule has 0 saturated heterocycles. The molecule has 0 atom stereocenters. The Bertz CT molecular complexity index is 2060. The predicted octanol–water partition coefficient (Wildman–Crippen LogP) is 6.75. The van der Waals surface area contributed by atoms with Gasteiger partial charge < -0.3 is 9.88 Å². The van der Waals surface area contributed by atoms with Gasteiger partial charge in [-0.1, -0.05) is 146 Å². The SMILES string of the molecule is C1=Cc2c(n(-c3ccccc3)c3cc([Si](c4ccccc4)(c4ccccc4)c4cccc(-c5ccccc5)c4)ccc23)CN1. The molecule has 0 spiro atoms. The van der Waals surface area contributed by atoms with Crippen LogP contribution in [0.15, 0.2) is 170 Å². The number of hydrogen-bond donors (Lipinski definition) is 1. The Morgan fingerprint density at radius 1 is 0.500 bits per heavy atom. The summed E-state index contributed by atoms with van der Waals surface area (Å²) in [5, 5.41) is 10.2. The summed E-state index contributed by atoms with van der Waals surface area (Å²) in [6.45, 7) is 0.795. The first kappa shape index (κ1) is 26.3. The van der Waals surface area contributed by atoms with Gasteiger partial charge in [-0.3, -0.25) is 0 Å². The molecule has 44 heavy (non-hydrogen) atoms. The molecule has 3 heteroatoms. The average Bonchev–Trinajstić information content (AvgIpc) is 3.44. The summed E-state index contributed by atoms with van der Waals surface area (Å²) < 4.78 is 2.46. The quantitative estimate of drug-likeness (QED) is 0.170. The second-order valence-electron chi connectivity index (χ2n) is 11.4. The summed E-state index contributed by atoms with van der Waals surface area (Å²) in [5.41, 5.74) is 7.50. The molecule has 1 aliphatic heterocycles. The van der Waals surface area contributed by atoms with Crippen LogP contribution >= 0.6 is 0 Å². The maximum absolute atomic E-state index is 3.46. The summed E-state index contributed by atoms with van der Waals surface area (Å²) in [6, 6.07) is 60.5. The number of nitrogens with zero attached hydrogens (tertiary/aromatic N) is 1. The third kappa shape index (κ3) is 4.24. The minimum absolute atomic E-state index is 0.795. The van der Waals surface area contributed by atoms with E-state index >= 15 is 0 Å². The van der Waals surface area contributed by atoms with E-state index in [1.807, 2.05) is 0 Å². The molecule has 1 aromatic heterocycles. The van der Waals surface area contributed by atoms with Gasteiger partial charge in [0.1, 0.15) is 0 Å². The number of hydrogen-bond acceptors (Lipinski definition) is 1. The first-order valence-corrected chi connectivity index (χ1v) is 17.2. The van der Waals surface area contributed by atoms with Crippen molar-refractivity contribution in [3.8, 4) is 16.8 Å². The molecule has 0 saturated carbocycles. The van der Waals surface area contributed by atoms with E-state index in [2.05, 4.69) is 186 Å². The number of para-hydroxylation sites is 1. The van der Waals surface area contributed by atoms with Crippen LogP contribution in [0.3, 0.4) is 0 Å². The lowest BCUT2D eigenvalue weighted by Gasteiger charge is -2.35. The number of nitrogens with one attached hydrogen (secondary N) is 1. The van der Waals surface area contributed by atoms with Crippen molar-refractivity contribution in [2.45, 2.75) is 6.54 Å². The maximum Gasteiger partial charge on any atom is 0.179 e. The van der Waals surface area contributed by atoms with Crippen LogP contribution in [-0.4, -0.2) is 12.6 Å². The Hall–Kier alpha value is -5.38. The van der Waals surface area contributed by atoms with Gasteiger partial charge >= 0.3 is 0 Å². The van der Waals surface area contributed by atoms with E-state index in [0.717, 1.165) is 6.54 Å². The second kappa shape index (κ2) is 11.0. The maximum atomic E-state index is 3.46. The molecule has 7 aromatic rings. The average molecular weight is 581 g/mol. The van der Waals surface area contributed by atoms with Crippen molar-refractivity contribution in [1.82, 2.24) is 9.88 Å². The lowest BCUT2D eigenvalue weighted by Crippen LogP contribution is -2.74. The van der Waals surface area contributed by atoms with E-state index in [9.17, 15) is 0 Å². The molecule has 8 rings (SSSR count). The standard InChI is InChI=1S/C41H32N2Si/c1-5-14-31(15-6-1)32-16-13-23-36(28-32)44(34-19-9-3-10-20-34,35-21-11-4-12-22-35)37-24-25-38-39-26-27-42-30-41(39)43(40(38)29-37)33-17-7-2-8-18-33/h1-29,42H,30H2. The van der Waals surface area contributed by atoms with E-state index in [0.29, 0.717) is 0 Å². The van der Waals surface area contributed by atoms with Crippen molar-refractivity contribution < 1.29 is 0 Å². The predicted molar refractivity (Wildman–Crippen MR) is 188 cm³/mol. The largest absolute Gasteiger partial charge is 0.385 e. The number of aromatic nitrogens is 1. The molecule has 0 fully saturated rings. The summed E-state index contributed by atoms with van der Waals surface area (Å²) in [6.07, 6.45) is 4.30. The van der Waals surface area contributed by atoms with E-state index in [-0.39, 0.29) is 0 Å². The number of fused-ring (bicyclic) bond motifs is 3. The van der Waals surface area contributed by atoms with Gasteiger partial charge in [-0.25, -0.2) is 0 Å². The van der Waals surface area contributed by atoms with Crippen LogP contribution in [0.5, 0.6) is 0 Å². The third-order valence-corrected chi connectivity index (χ3v) is 13.8. The fraction of sp³-hybridized carbons (Fsp3) is 0.0244. The van der Waals surface area contributed by atoms with Crippen LogP contribution in [0.25, 0.3) is 33.8 Å². The highest BCUT2D eigenvalue weighted by molar-refractivity contribution is 7.20. The number of rotatable bonds is 6. The van der Waals surface area contributed by atoms with Crippen molar-refractivity contribution in [3.05, 3.63) is 181 Å². The molecular formula is C41H32N2Si. The normalized spacial score (nSPS) is 12.5. The molecule has 2 heterocycles. The zero-order valence-corrected chi connectivity index (χ0v) is 25.4. The minimum atomic E-state index is -2.77.